The molecule has 0 aromatic carbocycles. The molecule has 0 saturated carbocycles. The lowest BCUT2D eigenvalue weighted by atomic mass is 10.1. The molecule has 0 amide bonds. The number of imidazole rings is 1. The Morgan fingerprint density at radius 3 is 1.95 bits per heavy atom. The van der Waals surface area contributed by atoms with Gasteiger partial charge in [-0.2, -0.15) is 0 Å². The summed E-state index contributed by atoms with van der Waals surface area (Å²) in [5, 5.41) is 26.2. The molecule has 9 atom stereocenters. The van der Waals surface area contributed by atoms with E-state index in [1.807, 2.05) is 29.6 Å². The molecule has 4 saturated heterocycles. The third kappa shape index (κ3) is 11.8. The second-order valence-electron chi connectivity index (χ2n) is 14.2. The number of hydrogen-bond donors (Lipinski definition) is 8. The van der Waals surface area contributed by atoms with Gasteiger partial charge in [-0.25, -0.2) is 27.1 Å². The number of likely N-dealkylation sites (N-methyl/N-ethyl adjacent to an activating group) is 1. The molecule has 3 aromatic rings. The van der Waals surface area contributed by atoms with Gasteiger partial charge in [0.05, 0.1) is 29.7 Å². The van der Waals surface area contributed by atoms with E-state index >= 15 is 0 Å². The number of hydrogen-bond acceptors (Lipinski definition) is 17. The van der Waals surface area contributed by atoms with Crippen LogP contribution in [0.4, 0.5) is 0 Å². The smallest absolute Gasteiger partial charge is 0.330 e. The van der Waals surface area contributed by atoms with Crippen LogP contribution < -0.4 is 27.8 Å². The van der Waals surface area contributed by atoms with E-state index in [-0.39, 0.29) is 31.3 Å². The van der Waals surface area contributed by atoms with E-state index in [4.69, 9.17) is 31.2 Å². The fourth-order valence-electron chi connectivity index (χ4n) is 6.58. The van der Waals surface area contributed by atoms with Crippen molar-refractivity contribution in [2.24, 2.45) is 0 Å². The van der Waals surface area contributed by atoms with Gasteiger partial charge in [-0.3, -0.25) is 33.5 Å². The molecule has 4 aliphatic rings. The highest BCUT2D eigenvalue weighted by Gasteiger charge is 2.57. The quantitative estimate of drug-likeness (QED) is 0.0365. The molecule has 7 heterocycles. The Kier molecular flexibility index (Phi) is 16.1. The summed E-state index contributed by atoms with van der Waals surface area (Å²) < 4.78 is 50.0. The number of aromatic amines is 3. The van der Waals surface area contributed by atoms with Gasteiger partial charge in [0.2, 0.25) is 1.43 Å². The summed E-state index contributed by atoms with van der Waals surface area (Å²) >= 11 is 5.47. The van der Waals surface area contributed by atoms with Crippen LogP contribution >= 0.6 is 35.1 Å². The average molecular weight is 967 g/mol. The SMILES string of the molecule is C=CC(=O)c1cn(C2OC(CO)[C@H]3OC(C)(C)O[C@@H]23)c(=O)[nH]c1=O.CC1(C)O[C@@H]2C(CO)OC(n3cc(I)c(=O)[nH]c3=O)[C@@H]2O1.[2H]B(C)S.[3H]OCC(Cc1cnc[nH]1)NC. The fourth-order valence-corrected chi connectivity index (χ4v) is 7.01. The number of carbonyl (C=O) groups is 1. The van der Waals surface area contributed by atoms with Gasteiger partial charge in [0.25, 0.3) is 11.1 Å². The van der Waals surface area contributed by atoms with Crippen molar-refractivity contribution in [2.45, 2.75) is 108 Å². The molecule has 4 fully saturated rings. The average Bonchev–Trinajstić information content (AvgIpc) is 4.01. The lowest BCUT2D eigenvalue weighted by molar-refractivity contribution is -0.200. The van der Waals surface area contributed by atoms with Crippen molar-refractivity contribution >= 4 is 47.4 Å². The fraction of sp³-hybridized carbons (Fsp3) is 0.600. The van der Waals surface area contributed by atoms with Gasteiger partial charge >= 0.3 is 11.4 Å². The van der Waals surface area contributed by atoms with E-state index < -0.39 is 88.9 Å². The number of H-pyrrole nitrogens is 3. The minimum absolute atomic E-state index is 0.169. The van der Waals surface area contributed by atoms with Crippen LogP contribution in [0.15, 0.2) is 56.8 Å². The van der Waals surface area contributed by atoms with Crippen molar-refractivity contribution in [1.82, 2.24) is 34.4 Å². The number of ketones is 1. The molecule has 5 unspecified atom stereocenters. The van der Waals surface area contributed by atoms with Crippen molar-refractivity contribution in [3.8, 4) is 0 Å². The van der Waals surface area contributed by atoms with Crippen LogP contribution in [-0.2, 0) is 34.8 Å². The number of rotatable bonds is 11. The number of aliphatic hydroxyl groups excluding tert-OH is 3. The Labute approximate surface area is 360 Å². The van der Waals surface area contributed by atoms with Crippen molar-refractivity contribution in [2.75, 3.05) is 26.9 Å². The summed E-state index contributed by atoms with van der Waals surface area (Å²) in [6.45, 7) is 11.6. The highest BCUT2D eigenvalue weighted by molar-refractivity contribution is 14.1. The molecule has 59 heavy (non-hydrogen) atoms. The highest BCUT2D eigenvalue weighted by Crippen LogP contribution is 2.43. The molecule has 0 bridgehead atoms. The Balaban J connectivity index is 0.000000202. The van der Waals surface area contributed by atoms with Crippen LogP contribution in [0.25, 0.3) is 0 Å². The van der Waals surface area contributed by atoms with Gasteiger partial charge in [-0.15, -0.1) is 0 Å². The van der Waals surface area contributed by atoms with Crippen molar-refractivity contribution in [3.05, 3.63) is 94.1 Å². The van der Waals surface area contributed by atoms with Gasteiger partial charge in [-0.05, 0) is 64.7 Å². The summed E-state index contributed by atoms with van der Waals surface area (Å²) in [7, 11) is 1.85. The summed E-state index contributed by atoms with van der Waals surface area (Å²) in [5.74, 6) is -2.35. The summed E-state index contributed by atoms with van der Waals surface area (Å²) in [6.07, 6.45) is 2.49. The second-order valence-corrected chi connectivity index (χ2v) is 15.9. The third-order valence-electron chi connectivity index (χ3n) is 9.13. The summed E-state index contributed by atoms with van der Waals surface area (Å²) in [4.78, 5) is 70.4. The van der Waals surface area contributed by atoms with E-state index in [9.17, 15) is 34.2 Å². The van der Waals surface area contributed by atoms with E-state index in [1.165, 1.54) is 10.8 Å². The van der Waals surface area contributed by atoms with E-state index in [1.54, 1.807) is 47.0 Å². The molecule has 4 aliphatic heterocycles. The first kappa shape index (κ1) is 45.3. The Morgan fingerprint density at radius 1 is 1.02 bits per heavy atom. The van der Waals surface area contributed by atoms with E-state index in [0.717, 1.165) is 29.0 Å². The highest BCUT2D eigenvalue weighted by atomic mass is 127. The molecular weight excluding hydrogens is 912 g/mol. The van der Waals surface area contributed by atoms with Crippen LogP contribution in [0.2, 0.25) is 6.82 Å². The van der Waals surface area contributed by atoms with Crippen molar-refractivity contribution < 1.29 is 48.5 Å². The summed E-state index contributed by atoms with van der Waals surface area (Å²) in [5.41, 5.74) is -1.79. The number of carbonyl (C=O) groups excluding carboxylic acids is 1. The number of nitrogens with zero attached hydrogens (tertiary/aromatic N) is 3. The normalized spacial score (nSPS) is 27.9. The monoisotopic (exact) mass is 966 g/mol. The number of nitrogens with one attached hydrogen (secondary N) is 4. The number of halogens is 1. The maximum Gasteiger partial charge on any atom is 0.330 e. The molecule has 0 spiro atoms. The van der Waals surface area contributed by atoms with Gasteiger partial charge < -0.3 is 54.0 Å². The number of aromatic nitrogens is 6. The zero-order valence-electron chi connectivity index (χ0n) is 35.2. The van der Waals surface area contributed by atoms with Gasteiger partial charge in [-0.1, -0.05) is 13.4 Å². The lowest BCUT2D eigenvalue weighted by Crippen LogP contribution is -2.39. The van der Waals surface area contributed by atoms with Crippen LogP contribution in [0.5, 0.6) is 0 Å². The molecule has 21 nitrogen and oxygen atoms in total. The molecule has 7 rings (SSSR count). The minimum atomic E-state index is -0.949. The number of ether oxygens (including phenoxy) is 6. The maximum absolute atomic E-state index is 12.2. The molecule has 7 N–H and O–H groups in total. The molecule has 0 aliphatic carbocycles. The Morgan fingerprint density at radius 2 is 1.51 bits per heavy atom. The molecule has 24 heteroatoms. The topological polar surface area (TPSA) is 284 Å². The van der Waals surface area contributed by atoms with Crippen LogP contribution in [-0.4, -0.2) is 141 Å². The number of fused-ring (bicyclic) bond motifs is 2. The first-order valence-electron chi connectivity index (χ1n) is 19.3. The van der Waals surface area contributed by atoms with Crippen LogP contribution in [0.1, 0.15) is 56.2 Å². The largest absolute Gasteiger partial charge is 0.395 e. The Bertz CT molecular complexity index is 2170. The number of allylic oxidation sites excluding steroid dienone is 1. The predicted octanol–water partition coefficient (Wildman–Crippen LogP) is -1.29. The molecule has 0 radical (unpaired) electrons. The Hall–Kier alpha value is -3.28. The van der Waals surface area contributed by atoms with Crippen molar-refractivity contribution in [1.29, 1.82) is 2.77 Å². The van der Waals surface area contributed by atoms with Crippen LogP contribution in [0, 0.1) is 3.57 Å². The minimum Gasteiger partial charge on any atom is -0.395 e. The second kappa shape index (κ2) is 21.0. The van der Waals surface area contributed by atoms with Gasteiger partial charge in [0, 0.05) is 36.7 Å². The predicted molar refractivity (Wildman–Crippen MR) is 224 cm³/mol. The number of thiol groups is 1. The molecule has 3 aromatic heterocycles. The van der Waals surface area contributed by atoms with Crippen LogP contribution in [0.3, 0.4) is 0 Å². The van der Waals surface area contributed by atoms with E-state index in [0.29, 0.717) is 10.2 Å². The van der Waals surface area contributed by atoms with Gasteiger partial charge in [0.15, 0.2) is 36.3 Å². The maximum atomic E-state index is 12.2. The first-order valence-corrected chi connectivity index (χ1v) is 19.9. The van der Waals surface area contributed by atoms with Crippen molar-refractivity contribution in [3.63, 3.8) is 0 Å². The molecular formula is C35H51BIN7O14S. The van der Waals surface area contributed by atoms with E-state index in [2.05, 4.69) is 49.4 Å². The zero-order chi connectivity index (χ0) is 45.4. The zero-order valence-corrected chi connectivity index (χ0v) is 36.2. The molecule has 326 valence electrons. The third-order valence-corrected chi connectivity index (χ3v) is 9.90. The lowest BCUT2D eigenvalue weighted by Gasteiger charge is -2.24. The number of aliphatic hydroxyl groups is 3. The first-order chi connectivity index (χ1) is 28.7. The standard InChI is InChI=1S/C15H18N2O7.C12H15IN2O6.C7H13N3O.CH5BS/c1-4-8(19)7-5-17(14(21)16-12(7)20)13-11-10(9(6-18)22-13)23-15(2,3)24-11;1-12(2)20-7-6(4-16)19-10(8(7)21-12)15-3-5(13)9(17)14-11(15)18;1-8-7(4-11)2-6-3-9-5-10-6;1-2-3/h4-5,9-11,13,18H,1,6H2,2-3H3,(H,16,20,21);3,6-8,10,16H,4H2,1-2H3,(H,14,17,18);3,5,7-8,11H,2,4H2,1H3,(H,9,10);2-3H,1H3/t9?,10-,11-,13?;6?,7-,8-,10?;;/m11../s1/i;;11T;2D. The summed E-state index contributed by atoms with van der Waals surface area (Å²) in [6, 6.07) is 0.169. The van der Waals surface area contributed by atoms with Gasteiger partial charge in [0.1, 0.15) is 42.2 Å².